The third-order valence-electron chi connectivity index (χ3n) is 3.05. The van der Waals surface area contributed by atoms with Crippen LogP contribution in [0.2, 0.25) is 0 Å². The number of halogens is 1. The Hall–Kier alpha value is -1.57. The van der Waals surface area contributed by atoms with Crippen molar-refractivity contribution in [2.24, 2.45) is 0 Å². The Labute approximate surface area is 118 Å². The molecule has 3 nitrogen and oxygen atoms in total. The number of hydrogen-bond donors (Lipinski definition) is 1. The third kappa shape index (κ3) is 4.84. The summed E-state index contributed by atoms with van der Waals surface area (Å²) in [5, 5.41) is 8.72. The molecule has 0 aromatic heterocycles. The summed E-state index contributed by atoms with van der Waals surface area (Å²) in [6.45, 7) is 0.0647. The highest BCUT2D eigenvalue weighted by Crippen LogP contribution is 2.22. The fourth-order valence-corrected chi connectivity index (χ4v) is 2.06. The minimum atomic E-state index is -0.351. The van der Waals surface area contributed by atoms with Crippen molar-refractivity contribution >= 4 is 0 Å². The van der Waals surface area contributed by atoms with Crippen molar-refractivity contribution in [1.29, 1.82) is 0 Å². The molecule has 1 fully saturated rings. The zero-order valence-corrected chi connectivity index (χ0v) is 11.3. The smallest absolute Gasteiger partial charge is 0.201 e. The first-order chi connectivity index (χ1) is 9.78. The number of aliphatic hydroxyl groups excluding tert-OH is 1. The second-order valence-electron chi connectivity index (χ2n) is 4.71. The first-order valence-electron chi connectivity index (χ1n) is 6.95. The van der Waals surface area contributed by atoms with Crippen LogP contribution in [0.1, 0.15) is 32.1 Å². The standard InChI is InChI=1S/C16H19FO3/c17-13-8-10-15(11-9-13)20-16-7-2-1-5-14(19-16)6-3-4-12-18/h8-11,14,16,18H,1-2,4-5,7,12H2/t14-,16+/m0/s1. The van der Waals surface area contributed by atoms with Crippen molar-refractivity contribution in [3.8, 4) is 17.6 Å². The molecule has 1 aliphatic rings. The van der Waals surface area contributed by atoms with Gasteiger partial charge in [0, 0.05) is 12.8 Å². The van der Waals surface area contributed by atoms with E-state index < -0.39 is 0 Å². The van der Waals surface area contributed by atoms with Gasteiger partial charge in [0.1, 0.15) is 17.7 Å². The molecule has 0 amide bonds. The highest BCUT2D eigenvalue weighted by atomic mass is 19.1. The van der Waals surface area contributed by atoms with Gasteiger partial charge in [0.15, 0.2) is 0 Å². The molecule has 1 aliphatic heterocycles. The van der Waals surface area contributed by atoms with Crippen molar-refractivity contribution < 1.29 is 19.0 Å². The maximum Gasteiger partial charge on any atom is 0.201 e. The zero-order valence-electron chi connectivity index (χ0n) is 11.3. The summed E-state index contributed by atoms with van der Waals surface area (Å²) in [6, 6.07) is 5.92. The molecule has 1 saturated heterocycles. The van der Waals surface area contributed by atoms with Crippen LogP contribution in [0.25, 0.3) is 0 Å². The van der Waals surface area contributed by atoms with Crippen molar-refractivity contribution in [3.63, 3.8) is 0 Å². The maximum atomic E-state index is 12.8. The molecule has 0 spiro atoms. The Balaban J connectivity index is 1.93. The summed E-state index contributed by atoms with van der Waals surface area (Å²) in [6.07, 6.45) is 3.69. The molecule has 20 heavy (non-hydrogen) atoms. The average Bonchev–Trinajstić information content (AvgIpc) is 2.67. The lowest BCUT2D eigenvalue weighted by molar-refractivity contribution is -0.0980. The highest BCUT2D eigenvalue weighted by Gasteiger charge is 2.20. The van der Waals surface area contributed by atoms with Gasteiger partial charge >= 0.3 is 0 Å². The second kappa shape index (κ2) is 7.88. The van der Waals surface area contributed by atoms with Gasteiger partial charge in [-0.05, 0) is 43.5 Å². The molecular weight excluding hydrogens is 259 g/mol. The van der Waals surface area contributed by atoms with E-state index in [-0.39, 0.29) is 24.8 Å². The molecular formula is C16H19FO3. The van der Waals surface area contributed by atoms with E-state index in [2.05, 4.69) is 11.8 Å². The molecule has 0 aliphatic carbocycles. The zero-order chi connectivity index (χ0) is 14.2. The van der Waals surface area contributed by atoms with Gasteiger partial charge in [-0.1, -0.05) is 11.8 Å². The maximum absolute atomic E-state index is 12.8. The molecule has 0 bridgehead atoms. The lowest BCUT2D eigenvalue weighted by atomic mass is 10.1. The van der Waals surface area contributed by atoms with E-state index >= 15 is 0 Å². The van der Waals surface area contributed by atoms with E-state index in [0.29, 0.717) is 12.2 Å². The fourth-order valence-electron chi connectivity index (χ4n) is 2.06. The van der Waals surface area contributed by atoms with Crippen LogP contribution in [0, 0.1) is 17.7 Å². The molecule has 2 rings (SSSR count). The van der Waals surface area contributed by atoms with Crippen LogP contribution in [0.3, 0.4) is 0 Å². The minimum absolute atomic E-state index is 0.0647. The van der Waals surface area contributed by atoms with Crippen molar-refractivity contribution in [1.82, 2.24) is 0 Å². The minimum Gasteiger partial charge on any atom is -0.465 e. The summed E-state index contributed by atoms with van der Waals surface area (Å²) in [5.41, 5.74) is 0. The van der Waals surface area contributed by atoms with Crippen LogP contribution in [0.5, 0.6) is 5.75 Å². The van der Waals surface area contributed by atoms with E-state index in [4.69, 9.17) is 14.6 Å². The van der Waals surface area contributed by atoms with E-state index in [1.807, 2.05) is 0 Å². The number of aliphatic hydroxyl groups is 1. The van der Waals surface area contributed by atoms with Gasteiger partial charge in [-0.3, -0.25) is 0 Å². The first-order valence-corrected chi connectivity index (χ1v) is 6.95. The number of hydrogen-bond acceptors (Lipinski definition) is 3. The molecule has 1 aromatic carbocycles. The molecule has 108 valence electrons. The summed E-state index contributed by atoms with van der Waals surface area (Å²) in [5.74, 6) is 6.22. The van der Waals surface area contributed by atoms with Gasteiger partial charge < -0.3 is 14.6 Å². The quantitative estimate of drug-likeness (QED) is 0.864. The molecule has 0 unspecified atom stereocenters. The van der Waals surface area contributed by atoms with Gasteiger partial charge in [0.25, 0.3) is 0 Å². The summed E-state index contributed by atoms with van der Waals surface area (Å²) in [7, 11) is 0. The lowest BCUT2D eigenvalue weighted by Gasteiger charge is -2.19. The number of rotatable bonds is 3. The lowest BCUT2D eigenvalue weighted by Crippen LogP contribution is -2.24. The van der Waals surface area contributed by atoms with E-state index in [1.165, 1.54) is 12.1 Å². The fraction of sp³-hybridized carbons (Fsp3) is 0.500. The van der Waals surface area contributed by atoms with Crippen LogP contribution >= 0.6 is 0 Å². The van der Waals surface area contributed by atoms with Crippen LogP contribution in [-0.2, 0) is 4.74 Å². The van der Waals surface area contributed by atoms with Crippen LogP contribution in [-0.4, -0.2) is 24.1 Å². The van der Waals surface area contributed by atoms with E-state index in [0.717, 1.165) is 25.7 Å². The molecule has 4 heteroatoms. The average molecular weight is 278 g/mol. The van der Waals surface area contributed by atoms with Gasteiger partial charge in [-0.2, -0.15) is 0 Å². The van der Waals surface area contributed by atoms with Gasteiger partial charge in [-0.25, -0.2) is 4.39 Å². The predicted molar refractivity (Wildman–Crippen MR) is 73.6 cm³/mol. The molecule has 1 aromatic rings. The van der Waals surface area contributed by atoms with Gasteiger partial charge in [-0.15, -0.1) is 0 Å². The van der Waals surface area contributed by atoms with E-state index in [1.54, 1.807) is 12.1 Å². The molecule has 1 heterocycles. The topological polar surface area (TPSA) is 38.7 Å². The summed E-state index contributed by atoms with van der Waals surface area (Å²) >= 11 is 0. The Morgan fingerprint density at radius 2 is 2.00 bits per heavy atom. The third-order valence-corrected chi connectivity index (χ3v) is 3.05. The van der Waals surface area contributed by atoms with Crippen molar-refractivity contribution in [3.05, 3.63) is 30.1 Å². The molecule has 1 N–H and O–H groups in total. The van der Waals surface area contributed by atoms with Gasteiger partial charge in [0.2, 0.25) is 6.29 Å². The second-order valence-corrected chi connectivity index (χ2v) is 4.71. The van der Waals surface area contributed by atoms with Crippen LogP contribution in [0.4, 0.5) is 4.39 Å². The number of ether oxygens (including phenoxy) is 2. The van der Waals surface area contributed by atoms with Crippen LogP contribution < -0.4 is 4.74 Å². The Kier molecular flexibility index (Phi) is 5.85. The Morgan fingerprint density at radius 3 is 2.75 bits per heavy atom. The largest absolute Gasteiger partial charge is 0.465 e. The Bertz CT molecular complexity index is 461. The molecule has 2 atom stereocenters. The monoisotopic (exact) mass is 278 g/mol. The van der Waals surface area contributed by atoms with Crippen LogP contribution in [0.15, 0.2) is 24.3 Å². The van der Waals surface area contributed by atoms with E-state index in [9.17, 15) is 4.39 Å². The Morgan fingerprint density at radius 1 is 1.25 bits per heavy atom. The van der Waals surface area contributed by atoms with Crippen molar-refractivity contribution in [2.75, 3.05) is 6.61 Å². The molecule has 0 saturated carbocycles. The first kappa shape index (κ1) is 14.8. The van der Waals surface area contributed by atoms with Gasteiger partial charge in [0.05, 0.1) is 6.61 Å². The summed E-state index contributed by atoms with van der Waals surface area (Å²) < 4.78 is 24.4. The summed E-state index contributed by atoms with van der Waals surface area (Å²) in [4.78, 5) is 0. The number of benzene rings is 1. The molecule has 0 radical (unpaired) electrons. The van der Waals surface area contributed by atoms with Crippen molar-refractivity contribution in [2.45, 2.75) is 44.5 Å². The normalized spacial score (nSPS) is 22.5. The highest BCUT2D eigenvalue weighted by molar-refractivity contribution is 5.22. The SMILES string of the molecule is OCCC#C[C@@H]1CCCC[C@@H](Oc2ccc(F)cc2)O1. The predicted octanol–water partition coefficient (Wildman–Crippen LogP) is 2.88.